The van der Waals surface area contributed by atoms with Crippen LogP contribution in [0, 0.1) is 6.92 Å². The summed E-state index contributed by atoms with van der Waals surface area (Å²) in [6.45, 7) is 1.90. The quantitative estimate of drug-likeness (QED) is 0.715. The number of hydrogen-bond acceptors (Lipinski definition) is 3. The van der Waals surface area contributed by atoms with E-state index in [1.165, 1.54) is 5.56 Å². The molecule has 0 saturated heterocycles. The van der Waals surface area contributed by atoms with Gasteiger partial charge in [0.2, 0.25) is 0 Å². The van der Waals surface area contributed by atoms with E-state index < -0.39 is 0 Å². The molecular weight excluding hydrogens is 190 g/mol. The lowest BCUT2D eigenvalue weighted by atomic mass is 9.88. The summed E-state index contributed by atoms with van der Waals surface area (Å²) in [5.74, 6) is 0.368. The van der Waals surface area contributed by atoms with Crippen LogP contribution in [0.3, 0.4) is 0 Å². The molecule has 1 aliphatic carbocycles. The van der Waals surface area contributed by atoms with Gasteiger partial charge >= 0.3 is 0 Å². The highest BCUT2D eigenvalue weighted by molar-refractivity contribution is 6.02. The van der Waals surface area contributed by atoms with Crippen LogP contribution < -0.4 is 0 Å². The molecule has 0 aliphatic heterocycles. The topological polar surface area (TPSA) is 41.8 Å². The smallest absolute Gasteiger partial charge is 0.118 e. The summed E-state index contributed by atoms with van der Waals surface area (Å²) in [6, 6.07) is 3.83. The van der Waals surface area contributed by atoms with Crippen LogP contribution in [-0.2, 0) is 11.3 Å². The predicted molar refractivity (Wildman–Crippen MR) is 59.3 cm³/mol. The molecule has 0 bridgehead atoms. The van der Waals surface area contributed by atoms with Crippen LogP contribution >= 0.6 is 0 Å². The lowest BCUT2D eigenvalue weighted by Crippen LogP contribution is -2.12. The van der Waals surface area contributed by atoms with Gasteiger partial charge in [0, 0.05) is 5.56 Å². The molecule has 1 aliphatic rings. The summed E-state index contributed by atoms with van der Waals surface area (Å²) in [7, 11) is 1.56. The zero-order chi connectivity index (χ0) is 10.8. The molecule has 0 atom stereocenters. The van der Waals surface area contributed by atoms with Gasteiger partial charge in [-0.15, -0.1) is 0 Å². The molecule has 1 aromatic rings. The SMILES string of the molecule is CO/N=C1\CCCc2cc(O)c(C)cc21. The van der Waals surface area contributed by atoms with Crippen LogP contribution in [0.25, 0.3) is 0 Å². The lowest BCUT2D eigenvalue weighted by molar-refractivity contribution is 0.212. The molecule has 15 heavy (non-hydrogen) atoms. The van der Waals surface area contributed by atoms with Gasteiger partial charge in [0.15, 0.2) is 0 Å². The van der Waals surface area contributed by atoms with Crippen molar-refractivity contribution in [2.24, 2.45) is 5.16 Å². The number of hydrogen-bond donors (Lipinski definition) is 1. The number of aryl methyl sites for hydroxylation is 2. The molecule has 3 heteroatoms. The molecule has 0 amide bonds. The maximum absolute atomic E-state index is 9.62. The van der Waals surface area contributed by atoms with Crippen LogP contribution in [0.5, 0.6) is 5.75 Å². The van der Waals surface area contributed by atoms with E-state index >= 15 is 0 Å². The number of oxime groups is 1. The van der Waals surface area contributed by atoms with Crippen molar-refractivity contribution < 1.29 is 9.94 Å². The molecule has 0 unspecified atom stereocenters. The Labute approximate surface area is 89.4 Å². The fourth-order valence-corrected chi connectivity index (χ4v) is 2.00. The molecule has 0 aromatic heterocycles. The van der Waals surface area contributed by atoms with E-state index in [1.54, 1.807) is 7.11 Å². The van der Waals surface area contributed by atoms with Gasteiger partial charge in [0.25, 0.3) is 0 Å². The number of phenols is 1. The Balaban J connectivity index is 2.52. The Morgan fingerprint density at radius 3 is 2.87 bits per heavy atom. The maximum Gasteiger partial charge on any atom is 0.118 e. The zero-order valence-electron chi connectivity index (χ0n) is 9.08. The van der Waals surface area contributed by atoms with Crippen molar-refractivity contribution in [1.82, 2.24) is 0 Å². The van der Waals surface area contributed by atoms with Crippen molar-refractivity contribution >= 4 is 5.71 Å². The molecule has 0 radical (unpaired) electrons. The minimum Gasteiger partial charge on any atom is -0.508 e. The number of rotatable bonds is 1. The van der Waals surface area contributed by atoms with Gasteiger partial charge in [-0.2, -0.15) is 0 Å². The fourth-order valence-electron chi connectivity index (χ4n) is 2.00. The van der Waals surface area contributed by atoms with Crippen molar-refractivity contribution in [3.05, 3.63) is 28.8 Å². The third kappa shape index (κ3) is 1.82. The van der Waals surface area contributed by atoms with Crippen LogP contribution in [0.15, 0.2) is 17.3 Å². The molecule has 1 N–H and O–H groups in total. The van der Waals surface area contributed by atoms with E-state index in [0.29, 0.717) is 5.75 Å². The Morgan fingerprint density at radius 2 is 2.13 bits per heavy atom. The molecule has 0 fully saturated rings. The Kier molecular flexibility index (Phi) is 2.62. The Hall–Kier alpha value is -1.51. The summed E-state index contributed by atoms with van der Waals surface area (Å²) in [4.78, 5) is 4.83. The van der Waals surface area contributed by atoms with Gasteiger partial charge in [-0.25, -0.2) is 0 Å². The van der Waals surface area contributed by atoms with Crippen molar-refractivity contribution in [1.29, 1.82) is 0 Å². The van der Waals surface area contributed by atoms with Crippen molar-refractivity contribution in [3.63, 3.8) is 0 Å². The Morgan fingerprint density at radius 1 is 1.33 bits per heavy atom. The first-order valence-electron chi connectivity index (χ1n) is 5.15. The molecular formula is C12H15NO2. The van der Waals surface area contributed by atoms with E-state index in [9.17, 15) is 5.11 Å². The Bertz CT molecular complexity index is 410. The highest BCUT2D eigenvalue weighted by Crippen LogP contribution is 2.28. The number of nitrogens with zero attached hydrogens (tertiary/aromatic N) is 1. The van der Waals surface area contributed by atoms with Crippen LogP contribution in [0.1, 0.15) is 29.5 Å². The van der Waals surface area contributed by atoms with Gasteiger partial charge in [-0.1, -0.05) is 5.16 Å². The number of aromatic hydroxyl groups is 1. The molecule has 0 saturated carbocycles. The molecule has 0 heterocycles. The summed E-state index contributed by atoms with van der Waals surface area (Å²) < 4.78 is 0. The summed E-state index contributed by atoms with van der Waals surface area (Å²) in [5.41, 5.74) is 4.17. The average molecular weight is 205 g/mol. The van der Waals surface area contributed by atoms with Crippen molar-refractivity contribution in [2.75, 3.05) is 7.11 Å². The van der Waals surface area contributed by atoms with E-state index in [2.05, 4.69) is 5.16 Å². The predicted octanol–water partition coefficient (Wildman–Crippen LogP) is 2.39. The molecule has 0 spiro atoms. The first-order chi connectivity index (χ1) is 7.22. The third-order valence-electron chi connectivity index (χ3n) is 2.79. The van der Waals surface area contributed by atoms with E-state index in [1.807, 2.05) is 19.1 Å². The second-order valence-corrected chi connectivity index (χ2v) is 3.87. The van der Waals surface area contributed by atoms with Crippen LogP contribution in [-0.4, -0.2) is 17.9 Å². The first kappa shape index (κ1) is 10.0. The fraction of sp³-hybridized carbons (Fsp3) is 0.417. The van der Waals surface area contributed by atoms with Crippen molar-refractivity contribution in [2.45, 2.75) is 26.2 Å². The van der Waals surface area contributed by atoms with E-state index in [-0.39, 0.29) is 0 Å². The second kappa shape index (κ2) is 3.93. The normalized spacial score (nSPS) is 17.6. The second-order valence-electron chi connectivity index (χ2n) is 3.87. The van der Waals surface area contributed by atoms with Gasteiger partial charge in [-0.05, 0) is 49.4 Å². The summed E-state index contributed by atoms with van der Waals surface area (Å²) >= 11 is 0. The molecule has 1 aromatic carbocycles. The highest BCUT2D eigenvalue weighted by atomic mass is 16.6. The van der Waals surface area contributed by atoms with Gasteiger partial charge in [0.05, 0.1) is 5.71 Å². The van der Waals surface area contributed by atoms with Gasteiger partial charge < -0.3 is 9.94 Å². The number of fused-ring (bicyclic) bond motifs is 1. The zero-order valence-corrected chi connectivity index (χ0v) is 9.08. The maximum atomic E-state index is 9.62. The lowest BCUT2D eigenvalue weighted by Gasteiger charge is -2.18. The molecule has 3 nitrogen and oxygen atoms in total. The number of phenolic OH excluding ortho intramolecular Hbond substituents is 1. The van der Waals surface area contributed by atoms with Gasteiger partial charge in [-0.3, -0.25) is 0 Å². The third-order valence-corrected chi connectivity index (χ3v) is 2.79. The van der Waals surface area contributed by atoms with Gasteiger partial charge in [0.1, 0.15) is 12.9 Å². The van der Waals surface area contributed by atoms with Crippen LogP contribution in [0.4, 0.5) is 0 Å². The monoisotopic (exact) mass is 205 g/mol. The van der Waals surface area contributed by atoms with Crippen molar-refractivity contribution in [3.8, 4) is 5.75 Å². The van der Waals surface area contributed by atoms with Crippen LogP contribution in [0.2, 0.25) is 0 Å². The standard InChI is InChI=1S/C12H15NO2/c1-8-6-10-9(7-12(8)14)4-3-5-11(10)13-15-2/h6-7,14H,3-5H2,1-2H3/b13-11+. The average Bonchev–Trinajstić information content (AvgIpc) is 2.21. The highest BCUT2D eigenvalue weighted by Gasteiger charge is 2.17. The minimum atomic E-state index is 0.368. The summed E-state index contributed by atoms with van der Waals surface area (Å²) in [5, 5.41) is 13.7. The molecule has 2 rings (SSSR count). The minimum absolute atomic E-state index is 0.368. The number of benzene rings is 1. The first-order valence-corrected chi connectivity index (χ1v) is 5.15. The largest absolute Gasteiger partial charge is 0.508 e. The van der Waals surface area contributed by atoms with E-state index in [4.69, 9.17) is 4.84 Å². The molecule has 80 valence electrons. The summed E-state index contributed by atoms with van der Waals surface area (Å²) in [6.07, 6.45) is 3.02. The van der Waals surface area contributed by atoms with E-state index in [0.717, 1.165) is 36.1 Å².